The van der Waals surface area contributed by atoms with E-state index in [9.17, 15) is 4.79 Å². The zero-order chi connectivity index (χ0) is 7.98. The largest absolute Gasteiger partial charge is 0.392 e. The first-order chi connectivity index (χ1) is 4.72. The van der Waals surface area contributed by atoms with Gasteiger partial charge in [0.25, 0.3) is 0 Å². The van der Waals surface area contributed by atoms with E-state index in [4.69, 9.17) is 5.11 Å². The second kappa shape index (κ2) is 5.20. The number of nitrogens with one attached hydrogen (secondary N) is 2. The third-order valence-corrected chi connectivity index (χ3v) is 1.35. The Kier molecular flexibility index (Phi) is 4.88. The van der Waals surface area contributed by atoms with Crippen LogP contribution in [0.1, 0.15) is 20.3 Å². The van der Waals surface area contributed by atoms with E-state index in [0.717, 1.165) is 6.42 Å². The maximum absolute atomic E-state index is 9.79. The summed E-state index contributed by atoms with van der Waals surface area (Å²) >= 11 is 0. The average molecular weight is 146 g/mol. The highest BCUT2D eigenvalue weighted by atomic mass is 16.3. The normalized spacial score (nSPS) is 15.9. The maximum Gasteiger partial charge on any atom is 0.221 e. The van der Waals surface area contributed by atoms with Crippen LogP contribution in [-0.2, 0) is 4.79 Å². The molecule has 4 nitrogen and oxygen atoms in total. The molecule has 1 amide bonds. The molecule has 0 aromatic heterocycles. The molecular weight excluding hydrogens is 132 g/mol. The Labute approximate surface area is 60.6 Å². The van der Waals surface area contributed by atoms with Gasteiger partial charge in [0.05, 0.1) is 12.1 Å². The van der Waals surface area contributed by atoms with Crippen molar-refractivity contribution in [3.05, 3.63) is 0 Å². The van der Waals surface area contributed by atoms with Crippen molar-refractivity contribution in [1.29, 1.82) is 0 Å². The lowest BCUT2D eigenvalue weighted by molar-refractivity contribution is -0.110. The van der Waals surface area contributed by atoms with Crippen LogP contribution in [0.4, 0.5) is 0 Å². The van der Waals surface area contributed by atoms with Crippen LogP contribution >= 0.6 is 0 Å². The van der Waals surface area contributed by atoms with Gasteiger partial charge < -0.3 is 5.11 Å². The first kappa shape index (κ1) is 9.39. The number of hydrazine groups is 1. The van der Waals surface area contributed by atoms with E-state index in [1.165, 1.54) is 0 Å². The summed E-state index contributed by atoms with van der Waals surface area (Å²) in [4.78, 5) is 9.79. The van der Waals surface area contributed by atoms with Crippen LogP contribution in [0, 0.1) is 0 Å². The summed E-state index contributed by atoms with van der Waals surface area (Å²) in [6.45, 7) is 3.60. The van der Waals surface area contributed by atoms with E-state index < -0.39 is 6.10 Å². The van der Waals surface area contributed by atoms with Crippen molar-refractivity contribution in [3.63, 3.8) is 0 Å². The second-order valence-electron chi connectivity index (χ2n) is 2.16. The van der Waals surface area contributed by atoms with Gasteiger partial charge in [-0.05, 0) is 13.3 Å². The number of aliphatic hydroxyl groups excluding tert-OH is 1. The predicted octanol–water partition coefficient (Wildman–Crippen LogP) is -0.604. The van der Waals surface area contributed by atoms with Crippen molar-refractivity contribution < 1.29 is 9.90 Å². The standard InChI is InChI=1S/C6H14N2O2/c1-3-6(5(2)10)8-7-4-9/h4-6,8,10H,3H2,1-2H3,(H,7,9)/t5-,6+/m0/s1. The molecule has 60 valence electrons. The first-order valence-corrected chi connectivity index (χ1v) is 3.35. The van der Waals surface area contributed by atoms with Crippen molar-refractivity contribution in [1.82, 2.24) is 10.9 Å². The van der Waals surface area contributed by atoms with Gasteiger partial charge in [0.1, 0.15) is 0 Å². The topological polar surface area (TPSA) is 61.4 Å². The quantitative estimate of drug-likeness (QED) is 0.358. The fraction of sp³-hybridized carbons (Fsp3) is 0.833. The van der Waals surface area contributed by atoms with Gasteiger partial charge in [-0.15, -0.1) is 0 Å². The number of aliphatic hydroxyl groups is 1. The molecule has 0 heterocycles. The number of rotatable bonds is 5. The van der Waals surface area contributed by atoms with Gasteiger partial charge in [-0.1, -0.05) is 6.92 Å². The average Bonchev–Trinajstić information content (AvgIpc) is 1.89. The van der Waals surface area contributed by atoms with E-state index in [1.807, 2.05) is 6.92 Å². The highest BCUT2D eigenvalue weighted by molar-refractivity contribution is 5.44. The van der Waals surface area contributed by atoms with Crippen LogP contribution in [0.25, 0.3) is 0 Å². The molecule has 0 aliphatic rings. The molecule has 0 unspecified atom stereocenters. The minimum atomic E-state index is -0.447. The zero-order valence-corrected chi connectivity index (χ0v) is 6.29. The molecule has 0 aromatic carbocycles. The number of hydrogen-bond donors (Lipinski definition) is 3. The molecule has 0 bridgehead atoms. The Bertz CT molecular complexity index is 95.7. The van der Waals surface area contributed by atoms with E-state index in [0.29, 0.717) is 6.41 Å². The molecule has 10 heavy (non-hydrogen) atoms. The lowest BCUT2D eigenvalue weighted by atomic mass is 10.1. The van der Waals surface area contributed by atoms with Crippen molar-refractivity contribution in [2.75, 3.05) is 0 Å². The number of carbonyl (C=O) groups is 1. The summed E-state index contributed by atoms with van der Waals surface area (Å²) in [6.07, 6.45) is 0.876. The van der Waals surface area contributed by atoms with Gasteiger partial charge in [0.15, 0.2) is 0 Å². The summed E-state index contributed by atoms with van der Waals surface area (Å²) in [5.41, 5.74) is 4.94. The summed E-state index contributed by atoms with van der Waals surface area (Å²) in [5, 5.41) is 9.02. The van der Waals surface area contributed by atoms with E-state index in [2.05, 4.69) is 10.9 Å². The molecule has 0 aliphatic heterocycles. The van der Waals surface area contributed by atoms with E-state index in [1.54, 1.807) is 6.92 Å². The SMILES string of the molecule is CC[C@@H](NNC=O)[C@H](C)O. The smallest absolute Gasteiger partial charge is 0.221 e. The summed E-state index contributed by atoms with van der Waals surface area (Å²) in [6, 6.07) is -0.0646. The minimum Gasteiger partial charge on any atom is -0.392 e. The number of carbonyl (C=O) groups excluding carboxylic acids is 1. The Morgan fingerprint density at radius 3 is 2.60 bits per heavy atom. The highest BCUT2D eigenvalue weighted by Crippen LogP contribution is 1.94. The molecule has 0 aliphatic carbocycles. The van der Waals surface area contributed by atoms with Gasteiger partial charge in [-0.2, -0.15) is 0 Å². The van der Waals surface area contributed by atoms with Gasteiger partial charge in [-0.3, -0.25) is 10.2 Å². The molecule has 0 rings (SSSR count). The summed E-state index contributed by atoms with van der Waals surface area (Å²) < 4.78 is 0. The van der Waals surface area contributed by atoms with Crippen LogP contribution in [0.5, 0.6) is 0 Å². The molecule has 0 fully saturated rings. The van der Waals surface area contributed by atoms with E-state index in [-0.39, 0.29) is 6.04 Å². The third-order valence-electron chi connectivity index (χ3n) is 1.35. The second-order valence-corrected chi connectivity index (χ2v) is 2.16. The molecule has 2 atom stereocenters. The van der Waals surface area contributed by atoms with Crippen molar-refractivity contribution in [2.45, 2.75) is 32.4 Å². The lowest BCUT2D eigenvalue weighted by Crippen LogP contribution is -2.45. The number of amides is 1. The fourth-order valence-electron chi connectivity index (χ4n) is 0.705. The van der Waals surface area contributed by atoms with Crippen LogP contribution in [0.3, 0.4) is 0 Å². The zero-order valence-electron chi connectivity index (χ0n) is 6.29. The molecule has 3 N–H and O–H groups in total. The maximum atomic E-state index is 9.79. The molecular formula is C6H14N2O2. The van der Waals surface area contributed by atoms with Crippen molar-refractivity contribution >= 4 is 6.41 Å². The van der Waals surface area contributed by atoms with Gasteiger partial charge >= 0.3 is 0 Å². The van der Waals surface area contributed by atoms with Crippen LogP contribution in [0.2, 0.25) is 0 Å². The van der Waals surface area contributed by atoms with Crippen molar-refractivity contribution in [3.8, 4) is 0 Å². The van der Waals surface area contributed by atoms with Gasteiger partial charge in [0.2, 0.25) is 6.41 Å². The number of hydrogen-bond acceptors (Lipinski definition) is 3. The first-order valence-electron chi connectivity index (χ1n) is 3.35. The van der Waals surface area contributed by atoms with E-state index >= 15 is 0 Å². The monoisotopic (exact) mass is 146 g/mol. The summed E-state index contributed by atoms with van der Waals surface area (Å²) in [5.74, 6) is 0. The molecule has 4 heteroatoms. The van der Waals surface area contributed by atoms with Crippen LogP contribution in [0.15, 0.2) is 0 Å². The Balaban J connectivity index is 3.49. The molecule has 0 spiro atoms. The molecule has 0 radical (unpaired) electrons. The Morgan fingerprint density at radius 2 is 2.30 bits per heavy atom. The fourth-order valence-corrected chi connectivity index (χ4v) is 0.705. The third kappa shape index (κ3) is 3.42. The van der Waals surface area contributed by atoms with Crippen molar-refractivity contribution in [2.24, 2.45) is 0 Å². The minimum absolute atomic E-state index is 0.0646. The van der Waals surface area contributed by atoms with Crippen LogP contribution in [-0.4, -0.2) is 23.7 Å². The molecule has 0 saturated heterocycles. The molecule has 0 saturated carbocycles. The summed E-state index contributed by atoms with van der Waals surface area (Å²) in [7, 11) is 0. The van der Waals surface area contributed by atoms with Crippen LogP contribution < -0.4 is 10.9 Å². The highest BCUT2D eigenvalue weighted by Gasteiger charge is 2.10. The van der Waals surface area contributed by atoms with Gasteiger partial charge in [-0.25, -0.2) is 5.43 Å². The Hall–Kier alpha value is -0.610. The predicted molar refractivity (Wildman–Crippen MR) is 38.1 cm³/mol. The molecule has 0 aromatic rings. The lowest BCUT2D eigenvalue weighted by Gasteiger charge is -2.18. The van der Waals surface area contributed by atoms with Gasteiger partial charge in [0, 0.05) is 0 Å². The Morgan fingerprint density at radius 1 is 1.70 bits per heavy atom.